The van der Waals surface area contributed by atoms with Crippen molar-refractivity contribution in [3.63, 3.8) is 0 Å². The van der Waals surface area contributed by atoms with Crippen LogP contribution in [0, 0.1) is 17.3 Å². The van der Waals surface area contributed by atoms with E-state index in [9.17, 15) is 0 Å². The molecular formula is C19H38N2. The van der Waals surface area contributed by atoms with Crippen molar-refractivity contribution in [2.75, 3.05) is 26.2 Å². The largest absolute Gasteiger partial charge is 0.316 e. The van der Waals surface area contributed by atoms with Gasteiger partial charge in [-0.3, -0.25) is 4.90 Å². The molecule has 0 aromatic carbocycles. The topological polar surface area (TPSA) is 15.3 Å². The Morgan fingerprint density at radius 1 is 1.14 bits per heavy atom. The maximum Gasteiger partial charge on any atom is 0.0153 e. The third kappa shape index (κ3) is 4.69. The van der Waals surface area contributed by atoms with E-state index in [1.807, 2.05) is 0 Å². The van der Waals surface area contributed by atoms with Gasteiger partial charge in [0, 0.05) is 18.6 Å². The standard InChI is InChI=1S/C19H38N2/c1-16(2)13-20-14-19(10-7-17(3)8-11-19)15-21-12-6-9-18(21,4)5/h16-17,20H,6-15H2,1-5H3. The van der Waals surface area contributed by atoms with Gasteiger partial charge in [-0.25, -0.2) is 0 Å². The van der Waals surface area contributed by atoms with Crippen molar-refractivity contribution >= 4 is 0 Å². The number of hydrogen-bond donors (Lipinski definition) is 1. The summed E-state index contributed by atoms with van der Waals surface area (Å²) in [6.45, 7) is 17.0. The van der Waals surface area contributed by atoms with Crippen LogP contribution in [0.25, 0.3) is 0 Å². The van der Waals surface area contributed by atoms with Gasteiger partial charge in [0.2, 0.25) is 0 Å². The van der Waals surface area contributed by atoms with Crippen molar-refractivity contribution in [3.8, 4) is 0 Å². The summed E-state index contributed by atoms with van der Waals surface area (Å²) in [6, 6.07) is 0. The summed E-state index contributed by atoms with van der Waals surface area (Å²) in [5.41, 5.74) is 0.955. The second-order valence-corrected chi connectivity index (χ2v) is 9.04. The van der Waals surface area contributed by atoms with Gasteiger partial charge < -0.3 is 5.32 Å². The van der Waals surface area contributed by atoms with Crippen LogP contribution >= 0.6 is 0 Å². The minimum Gasteiger partial charge on any atom is -0.316 e. The van der Waals surface area contributed by atoms with Crippen LogP contribution in [0.5, 0.6) is 0 Å². The molecule has 0 aromatic heterocycles. The zero-order chi connectivity index (χ0) is 15.5. The number of nitrogens with one attached hydrogen (secondary N) is 1. The van der Waals surface area contributed by atoms with E-state index < -0.39 is 0 Å². The maximum atomic E-state index is 3.78. The lowest BCUT2D eigenvalue weighted by Crippen LogP contribution is -2.50. The summed E-state index contributed by atoms with van der Waals surface area (Å²) in [5.74, 6) is 1.70. The zero-order valence-corrected chi connectivity index (χ0v) is 15.2. The van der Waals surface area contributed by atoms with E-state index in [0.717, 1.165) is 11.8 Å². The average Bonchev–Trinajstić information content (AvgIpc) is 2.72. The van der Waals surface area contributed by atoms with Gasteiger partial charge in [-0.2, -0.15) is 0 Å². The van der Waals surface area contributed by atoms with Gasteiger partial charge in [0.1, 0.15) is 0 Å². The first-order valence-corrected chi connectivity index (χ1v) is 9.29. The van der Waals surface area contributed by atoms with E-state index in [0.29, 0.717) is 11.0 Å². The first kappa shape index (κ1) is 17.3. The molecule has 1 saturated carbocycles. The lowest BCUT2D eigenvalue weighted by Gasteiger charge is -2.45. The van der Waals surface area contributed by atoms with Crippen LogP contribution in [-0.4, -0.2) is 36.6 Å². The molecule has 0 spiro atoms. The Balaban J connectivity index is 1.98. The summed E-state index contributed by atoms with van der Waals surface area (Å²) in [4.78, 5) is 2.79. The lowest BCUT2D eigenvalue weighted by atomic mass is 9.70. The molecule has 21 heavy (non-hydrogen) atoms. The fourth-order valence-electron chi connectivity index (χ4n) is 4.25. The normalized spacial score (nSPS) is 33.7. The van der Waals surface area contributed by atoms with Gasteiger partial charge in [0.05, 0.1) is 0 Å². The van der Waals surface area contributed by atoms with Crippen molar-refractivity contribution < 1.29 is 0 Å². The van der Waals surface area contributed by atoms with Crippen molar-refractivity contribution in [2.24, 2.45) is 17.3 Å². The number of likely N-dealkylation sites (tertiary alicyclic amines) is 1. The molecule has 0 amide bonds. The molecule has 2 nitrogen and oxygen atoms in total. The molecule has 1 saturated heterocycles. The van der Waals surface area contributed by atoms with Crippen LogP contribution < -0.4 is 5.32 Å². The highest BCUT2D eigenvalue weighted by Gasteiger charge is 2.40. The fraction of sp³-hybridized carbons (Fsp3) is 1.00. The molecule has 124 valence electrons. The van der Waals surface area contributed by atoms with Gasteiger partial charge in [-0.15, -0.1) is 0 Å². The second-order valence-electron chi connectivity index (χ2n) is 9.04. The highest BCUT2D eigenvalue weighted by Crippen LogP contribution is 2.42. The second kappa shape index (κ2) is 7.00. The third-order valence-corrected chi connectivity index (χ3v) is 5.99. The Morgan fingerprint density at radius 2 is 1.81 bits per heavy atom. The van der Waals surface area contributed by atoms with Crippen molar-refractivity contribution in [2.45, 2.75) is 78.7 Å². The third-order valence-electron chi connectivity index (χ3n) is 5.99. The fourth-order valence-corrected chi connectivity index (χ4v) is 4.25. The SMILES string of the molecule is CC(C)CNCC1(CN2CCCC2(C)C)CCC(C)CC1. The van der Waals surface area contributed by atoms with Crippen LogP contribution in [0.15, 0.2) is 0 Å². The van der Waals surface area contributed by atoms with Crippen LogP contribution in [0.3, 0.4) is 0 Å². The van der Waals surface area contributed by atoms with E-state index in [-0.39, 0.29) is 0 Å². The molecule has 2 rings (SSSR count). The molecule has 1 aliphatic carbocycles. The van der Waals surface area contributed by atoms with Gasteiger partial charge >= 0.3 is 0 Å². The van der Waals surface area contributed by atoms with Crippen LogP contribution in [0.1, 0.15) is 73.1 Å². The van der Waals surface area contributed by atoms with E-state index in [1.54, 1.807) is 0 Å². The zero-order valence-electron chi connectivity index (χ0n) is 15.2. The molecule has 2 heteroatoms. The minimum absolute atomic E-state index is 0.425. The van der Waals surface area contributed by atoms with Gasteiger partial charge in [0.25, 0.3) is 0 Å². The molecule has 1 heterocycles. The average molecular weight is 295 g/mol. The number of rotatable bonds is 6. The molecule has 0 bridgehead atoms. The molecular weight excluding hydrogens is 256 g/mol. The van der Waals surface area contributed by atoms with Crippen molar-refractivity contribution in [3.05, 3.63) is 0 Å². The molecule has 1 aliphatic heterocycles. The molecule has 2 aliphatic rings. The van der Waals surface area contributed by atoms with Crippen LogP contribution in [0.4, 0.5) is 0 Å². The predicted molar refractivity (Wildman–Crippen MR) is 92.7 cm³/mol. The first-order chi connectivity index (χ1) is 9.83. The molecule has 0 atom stereocenters. The molecule has 1 N–H and O–H groups in total. The maximum absolute atomic E-state index is 3.78. The minimum atomic E-state index is 0.425. The van der Waals surface area contributed by atoms with Gasteiger partial charge in [0.15, 0.2) is 0 Å². The Kier molecular flexibility index (Phi) is 5.76. The van der Waals surface area contributed by atoms with E-state index in [2.05, 4.69) is 44.8 Å². The van der Waals surface area contributed by atoms with Crippen LogP contribution in [0.2, 0.25) is 0 Å². The predicted octanol–water partition coefficient (Wildman–Crippen LogP) is 4.30. The molecule has 0 unspecified atom stereocenters. The van der Waals surface area contributed by atoms with Gasteiger partial charge in [-0.1, -0.05) is 33.6 Å². The first-order valence-electron chi connectivity index (χ1n) is 9.29. The lowest BCUT2D eigenvalue weighted by molar-refractivity contribution is 0.0545. The highest BCUT2D eigenvalue weighted by molar-refractivity contribution is 4.95. The summed E-state index contributed by atoms with van der Waals surface area (Å²) in [7, 11) is 0. The summed E-state index contributed by atoms with van der Waals surface area (Å²) in [6.07, 6.45) is 8.46. The van der Waals surface area contributed by atoms with E-state index in [4.69, 9.17) is 0 Å². The summed E-state index contributed by atoms with van der Waals surface area (Å²) >= 11 is 0. The summed E-state index contributed by atoms with van der Waals surface area (Å²) < 4.78 is 0. The van der Waals surface area contributed by atoms with Crippen LogP contribution in [-0.2, 0) is 0 Å². The van der Waals surface area contributed by atoms with Crippen molar-refractivity contribution in [1.82, 2.24) is 10.2 Å². The quantitative estimate of drug-likeness (QED) is 0.785. The Labute approximate surface area is 133 Å². The van der Waals surface area contributed by atoms with Gasteiger partial charge in [-0.05, 0) is 69.9 Å². The highest BCUT2D eigenvalue weighted by atomic mass is 15.2. The Hall–Kier alpha value is -0.0800. The molecule has 0 aromatic rings. The molecule has 2 fully saturated rings. The Morgan fingerprint density at radius 3 is 2.33 bits per heavy atom. The van der Waals surface area contributed by atoms with E-state index >= 15 is 0 Å². The van der Waals surface area contributed by atoms with E-state index in [1.165, 1.54) is 64.7 Å². The number of hydrogen-bond acceptors (Lipinski definition) is 2. The molecule has 0 radical (unpaired) electrons. The Bertz CT molecular complexity index is 314. The van der Waals surface area contributed by atoms with Crippen molar-refractivity contribution in [1.29, 1.82) is 0 Å². The number of nitrogens with zero attached hydrogens (tertiary/aromatic N) is 1. The summed E-state index contributed by atoms with van der Waals surface area (Å²) in [5, 5.41) is 3.78. The monoisotopic (exact) mass is 294 g/mol. The smallest absolute Gasteiger partial charge is 0.0153 e.